The minimum absolute atomic E-state index is 0.0536. The second-order valence-electron chi connectivity index (χ2n) is 4.75. The third-order valence-corrected chi connectivity index (χ3v) is 3.55. The zero-order valence-corrected chi connectivity index (χ0v) is 12.0. The first-order valence-electron chi connectivity index (χ1n) is 6.38. The number of amides is 1. The van der Waals surface area contributed by atoms with Gasteiger partial charge in [-0.1, -0.05) is 11.6 Å². The lowest BCUT2D eigenvalue weighted by Gasteiger charge is -2.31. The van der Waals surface area contributed by atoms with Crippen LogP contribution in [0.15, 0.2) is 6.07 Å². The van der Waals surface area contributed by atoms with Gasteiger partial charge >= 0.3 is 0 Å². The molecule has 104 valence electrons. The van der Waals surface area contributed by atoms with Crippen LogP contribution in [0.3, 0.4) is 0 Å². The van der Waals surface area contributed by atoms with Crippen LogP contribution in [0.2, 0.25) is 5.15 Å². The molecule has 0 aliphatic carbocycles. The molecule has 0 unspecified atom stereocenters. The maximum absolute atomic E-state index is 11.7. The van der Waals surface area contributed by atoms with E-state index in [2.05, 4.69) is 9.97 Å². The van der Waals surface area contributed by atoms with Crippen molar-refractivity contribution >= 4 is 17.5 Å². The molecule has 0 radical (unpaired) electrons. The van der Waals surface area contributed by atoms with Crippen molar-refractivity contribution in [2.45, 2.75) is 25.7 Å². The Hall–Kier alpha value is -1.20. The van der Waals surface area contributed by atoms with Gasteiger partial charge in [-0.3, -0.25) is 4.79 Å². The maximum atomic E-state index is 11.7. The predicted molar refractivity (Wildman–Crippen MR) is 72.2 cm³/mol. The molecule has 1 aromatic heterocycles. The Morgan fingerprint density at radius 3 is 2.74 bits per heavy atom. The van der Waals surface area contributed by atoms with Crippen molar-refractivity contribution in [2.24, 2.45) is 0 Å². The number of aromatic nitrogens is 2. The highest BCUT2D eigenvalue weighted by Gasteiger charge is 2.24. The van der Waals surface area contributed by atoms with E-state index in [1.807, 2.05) is 17.9 Å². The van der Waals surface area contributed by atoms with E-state index >= 15 is 0 Å². The molecule has 1 fully saturated rings. The third-order valence-electron chi connectivity index (χ3n) is 3.36. The number of hydrogen-bond acceptors (Lipinski definition) is 4. The van der Waals surface area contributed by atoms with E-state index in [0.717, 1.165) is 31.6 Å². The summed E-state index contributed by atoms with van der Waals surface area (Å²) in [6.07, 6.45) is 1.81. The number of piperidine rings is 1. The van der Waals surface area contributed by atoms with Crippen molar-refractivity contribution in [2.75, 3.05) is 26.8 Å². The lowest BCUT2D eigenvalue weighted by Crippen LogP contribution is -2.39. The number of likely N-dealkylation sites (tertiary alicyclic amines) is 1. The van der Waals surface area contributed by atoms with E-state index in [1.54, 1.807) is 0 Å². The van der Waals surface area contributed by atoms with Gasteiger partial charge in [-0.25, -0.2) is 9.97 Å². The molecule has 1 saturated heterocycles. The van der Waals surface area contributed by atoms with E-state index in [0.29, 0.717) is 16.9 Å². The summed E-state index contributed by atoms with van der Waals surface area (Å²) in [6.45, 7) is 3.48. The zero-order valence-electron chi connectivity index (χ0n) is 11.2. The van der Waals surface area contributed by atoms with Crippen LogP contribution in [0.1, 0.15) is 30.3 Å². The number of rotatable bonds is 3. The fraction of sp³-hybridized carbons (Fsp3) is 0.615. The van der Waals surface area contributed by atoms with Gasteiger partial charge in [0.25, 0.3) is 0 Å². The average molecular weight is 284 g/mol. The maximum Gasteiger partial charge on any atom is 0.248 e. The first kappa shape index (κ1) is 14.2. The Kier molecular flexibility index (Phi) is 4.71. The molecule has 0 spiro atoms. The van der Waals surface area contributed by atoms with Crippen LogP contribution in [0.25, 0.3) is 0 Å². The molecule has 1 aromatic rings. The van der Waals surface area contributed by atoms with Crippen molar-refractivity contribution in [1.82, 2.24) is 14.9 Å². The number of carbonyl (C=O) groups excluding carboxylic acids is 1. The van der Waals surface area contributed by atoms with Crippen LogP contribution in [0, 0.1) is 6.92 Å². The highest BCUT2D eigenvalue weighted by Crippen LogP contribution is 2.27. The molecule has 2 rings (SSSR count). The van der Waals surface area contributed by atoms with Crippen molar-refractivity contribution in [1.29, 1.82) is 0 Å². The van der Waals surface area contributed by atoms with Crippen LogP contribution >= 0.6 is 11.6 Å². The summed E-state index contributed by atoms with van der Waals surface area (Å²) in [4.78, 5) is 22.1. The second kappa shape index (κ2) is 6.30. The van der Waals surface area contributed by atoms with Crippen molar-refractivity contribution in [3.05, 3.63) is 22.7 Å². The number of aryl methyl sites for hydroxylation is 1. The highest BCUT2D eigenvalue weighted by atomic mass is 35.5. The molecule has 6 heteroatoms. The summed E-state index contributed by atoms with van der Waals surface area (Å²) in [5.41, 5.74) is 0.983. The molecule has 2 heterocycles. The van der Waals surface area contributed by atoms with Crippen LogP contribution in [-0.2, 0) is 9.53 Å². The molecule has 19 heavy (non-hydrogen) atoms. The molecular weight excluding hydrogens is 266 g/mol. The SMILES string of the molecule is COCC(=O)N1CCC(c2cc(Cl)nc(C)n2)CC1. The summed E-state index contributed by atoms with van der Waals surface area (Å²) in [6, 6.07) is 1.83. The first-order valence-corrected chi connectivity index (χ1v) is 6.75. The molecule has 0 atom stereocenters. The topological polar surface area (TPSA) is 55.3 Å². The Labute approximate surface area is 117 Å². The van der Waals surface area contributed by atoms with Gasteiger partial charge in [-0.05, 0) is 25.8 Å². The first-order chi connectivity index (χ1) is 9.10. The van der Waals surface area contributed by atoms with Crippen LogP contribution in [0.5, 0.6) is 0 Å². The zero-order chi connectivity index (χ0) is 13.8. The van der Waals surface area contributed by atoms with Crippen LogP contribution < -0.4 is 0 Å². The Morgan fingerprint density at radius 2 is 2.16 bits per heavy atom. The summed E-state index contributed by atoms with van der Waals surface area (Å²) < 4.78 is 4.87. The lowest BCUT2D eigenvalue weighted by molar-refractivity contribution is -0.136. The van der Waals surface area contributed by atoms with Crippen LogP contribution in [-0.4, -0.2) is 47.6 Å². The Balaban J connectivity index is 1.97. The molecule has 0 saturated carbocycles. The molecule has 1 aliphatic rings. The molecule has 1 amide bonds. The van der Waals surface area contributed by atoms with E-state index < -0.39 is 0 Å². The number of carbonyl (C=O) groups is 1. The largest absolute Gasteiger partial charge is 0.375 e. The molecule has 0 aromatic carbocycles. The summed E-state index contributed by atoms with van der Waals surface area (Å²) >= 11 is 5.96. The monoisotopic (exact) mass is 283 g/mol. The van der Waals surface area contributed by atoms with Crippen molar-refractivity contribution in [3.63, 3.8) is 0 Å². The molecule has 1 aliphatic heterocycles. The van der Waals surface area contributed by atoms with Crippen molar-refractivity contribution < 1.29 is 9.53 Å². The highest BCUT2D eigenvalue weighted by molar-refractivity contribution is 6.29. The van der Waals surface area contributed by atoms with Gasteiger partial charge in [0.05, 0.1) is 0 Å². The lowest BCUT2D eigenvalue weighted by atomic mass is 9.93. The second-order valence-corrected chi connectivity index (χ2v) is 5.14. The minimum Gasteiger partial charge on any atom is -0.375 e. The van der Waals surface area contributed by atoms with E-state index in [4.69, 9.17) is 16.3 Å². The fourth-order valence-corrected chi connectivity index (χ4v) is 2.64. The number of hydrogen-bond donors (Lipinski definition) is 0. The van der Waals surface area contributed by atoms with Crippen molar-refractivity contribution in [3.8, 4) is 0 Å². The summed E-state index contributed by atoms with van der Waals surface area (Å²) in [7, 11) is 1.54. The normalized spacial score (nSPS) is 16.7. The molecule has 5 nitrogen and oxygen atoms in total. The number of ether oxygens (including phenoxy) is 1. The number of methoxy groups -OCH3 is 1. The molecule has 0 bridgehead atoms. The van der Waals surface area contributed by atoms with Gasteiger partial charge in [0.2, 0.25) is 5.91 Å². The van der Waals surface area contributed by atoms with E-state index in [9.17, 15) is 4.79 Å². The van der Waals surface area contributed by atoms with Gasteiger partial charge in [0.1, 0.15) is 17.6 Å². The van der Waals surface area contributed by atoms with E-state index in [1.165, 1.54) is 7.11 Å². The summed E-state index contributed by atoms with van der Waals surface area (Å²) in [5, 5.41) is 0.486. The van der Waals surface area contributed by atoms with Gasteiger partial charge in [-0.2, -0.15) is 0 Å². The molecular formula is C13H18ClN3O2. The minimum atomic E-state index is 0.0536. The Morgan fingerprint density at radius 1 is 1.47 bits per heavy atom. The predicted octanol–water partition coefficient (Wildman–Crippen LogP) is 1.79. The van der Waals surface area contributed by atoms with Gasteiger partial charge < -0.3 is 9.64 Å². The Bertz CT molecular complexity index is 439. The van der Waals surface area contributed by atoms with Gasteiger partial charge in [-0.15, -0.1) is 0 Å². The van der Waals surface area contributed by atoms with Gasteiger partial charge in [0.15, 0.2) is 0 Å². The third kappa shape index (κ3) is 3.64. The quantitative estimate of drug-likeness (QED) is 0.794. The average Bonchev–Trinajstić information content (AvgIpc) is 2.38. The van der Waals surface area contributed by atoms with Gasteiger partial charge in [0, 0.05) is 31.8 Å². The summed E-state index contributed by atoms with van der Waals surface area (Å²) in [5.74, 6) is 1.10. The smallest absolute Gasteiger partial charge is 0.248 e. The standard InChI is InChI=1S/C13H18ClN3O2/c1-9-15-11(7-12(14)16-9)10-3-5-17(6-4-10)13(18)8-19-2/h7,10H,3-6,8H2,1-2H3. The number of nitrogens with zero attached hydrogens (tertiary/aromatic N) is 3. The fourth-order valence-electron chi connectivity index (χ4n) is 2.40. The number of halogens is 1. The molecule has 0 N–H and O–H groups in total. The van der Waals surface area contributed by atoms with Crippen LogP contribution in [0.4, 0.5) is 0 Å². The van der Waals surface area contributed by atoms with E-state index in [-0.39, 0.29) is 12.5 Å².